The number of piperazine rings is 1. The van der Waals surface area contributed by atoms with E-state index in [1.54, 1.807) is 22.9 Å². The van der Waals surface area contributed by atoms with E-state index in [2.05, 4.69) is 22.1 Å². The van der Waals surface area contributed by atoms with Crippen LogP contribution in [0.15, 0.2) is 60.7 Å². The normalized spacial score (nSPS) is 14.5. The van der Waals surface area contributed by atoms with Crippen molar-refractivity contribution in [3.05, 3.63) is 83.4 Å². The van der Waals surface area contributed by atoms with Gasteiger partial charge in [0.05, 0.1) is 11.4 Å². The van der Waals surface area contributed by atoms with E-state index in [-0.39, 0.29) is 11.7 Å². The third-order valence-corrected chi connectivity index (χ3v) is 5.52. The van der Waals surface area contributed by atoms with Gasteiger partial charge in [-0.25, -0.2) is 9.07 Å². The Hall–Kier alpha value is -3.41. The molecule has 1 aromatic heterocycles. The molecule has 0 aliphatic carbocycles. The van der Waals surface area contributed by atoms with Crippen LogP contribution in [0.3, 0.4) is 0 Å². The van der Waals surface area contributed by atoms with Crippen molar-refractivity contribution in [1.29, 1.82) is 0 Å². The van der Waals surface area contributed by atoms with Crippen molar-refractivity contribution in [1.82, 2.24) is 14.7 Å². The largest absolute Gasteiger partial charge is 0.368 e. The summed E-state index contributed by atoms with van der Waals surface area (Å²) < 4.78 is 15.0. The Morgan fingerprint density at radius 2 is 1.60 bits per heavy atom. The minimum absolute atomic E-state index is 0.0102. The van der Waals surface area contributed by atoms with Crippen molar-refractivity contribution < 1.29 is 9.18 Å². The highest BCUT2D eigenvalue weighted by Crippen LogP contribution is 2.20. The van der Waals surface area contributed by atoms with E-state index in [1.165, 1.54) is 17.8 Å². The summed E-state index contributed by atoms with van der Waals surface area (Å²) in [6.07, 6.45) is 3.47. The molecule has 1 saturated heterocycles. The molecular formula is C24H25FN4O. The first-order valence-electron chi connectivity index (χ1n) is 10.1. The smallest absolute Gasteiger partial charge is 0.246 e. The molecule has 0 radical (unpaired) electrons. The molecule has 0 saturated carbocycles. The van der Waals surface area contributed by atoms with Gasteiger partial charge < -0.3 is 9.80 Å². The van der Waals surface area contributed by atoms with Gasteiger partial charge in [0, 0.05) is 49.2 Å². The third-order valence-electron chi connectivity index (χ3n) is 5.52. The van der Waals surface area contributed by atoms with Gasteiger partial charge in [-0.05, 0) is 56.3 Å². The summed E-state index contributed by atoms with van der Waals surface area (Å²) in [6.45, 7) is 6.91. The molecule has 2 aromatic carbocycles. The predicted octanol–water partition coefficient (Wildman–Crippen LogP) is 3.99. The fourth-order valence-corrected chi connectivity index (χ4v) is 3.81. The van der Waals surface area contributed by atoms with Gasteiger partial charge in [0.1, 0.15) is 5.82 Å². The first kappa shape index (κ1) is 19.9. The molecule has 4 rings (SSSR count). The maximum absolute atomic E-state index is 13.2. The average molecular weight is 404 g/mol. The Kier molecular flexibility index (Phi) is 5.65. The van der Waals surface area contributed by atoms with Gasteiger partial charge >= 0.3 is 0 Å². The Labute approximate surface area is 176 Å². The summed E-state index contributed by atoms with van der Waals surface area (Å²) >= 11 is 0. The number of hydrogen-bond donors (Lipinski definition) is 0. The number of rotatable bonds is 4. The zero-order chi connectivity index (χ0) is 21.1. The van der Waals surface area contributed by atoms with Crippen LogP contribution in [0.4, 0.5) is 10.1 Å². The molecule has 0 unspecified atom stereocenters. The number of halogens is 1. The molecule has 6 heteroatoms. The number of carbonyl (C=O) groups excluding carboxylic acids is 1. The molecule has 1 amide bonds. The summed E-state index contributed by atoms with van der Waals surface area (Å²) in [5, 5.41) is 4.56. The molecule has 2 heterocycles. The number of aryl methyl sites for hydroxylation is 1. The summed E-state index contributed by atoms with van der Waals surface area (Å²) in [4.78, 5) is 16.9. The molecule has 1 fully saturated rings. The Bertz CT molecular complexity index is 1050. The molecule has 154 valence electrons. The quantitative estimate of drug-likeness (QED) is 0.618. The summed E-state index contributed by atoms with van der Waals surface area (Å²) in [7, 11) is 0. The van der Waals surface area contributed by atoms with Gasteiger partial charge in [0.15, 0.2) is 0 Å². The van der Waals surface area contributed by atoms with Crippen LogP contribution in [0.2, 0.25) is 0 Å². The van der Waals surface area contributed by atoms with Crippen LogP contribution in [0.5, 0.6) is 0 Å². The molecule has 1 aliphatic rings. The van der Waals surface area contributed by atoms with Crippen LogP contribution in [0.1, 0.15) is 17.0 Å². The van der Waals surface area contributed by atoms with Crippen LogP contribution in [0.25, 0.3) is 11.8 Å². The maximum atomic E-state index is 13.2. The van der Waals surface area contributed by atoms with Gasteiger partial charge in [-0.15, -0.1) is 0 Å². The molecular weight excluding hydrogens is 379 g/mol. The van der Waals surface area contributed by atoms with Crippen molar-refractivity contribution in [2.45, 2.75) is 13.8 Å². The van der Waals surface area contributed by atoms with E-state index < -0.39 is 0 Å². The third kappa shape index (κ3) is 4.13. The monoisotopic (exact) mass is 404 g/mol. The molecule has 0 N–H and O–H groups in total. The minimum atomic E-state index is -0.279. The predicted molar refractivity (Wildman–Crippen MR) is 117 cm³/mol. The Balaban J connectivity index is 1.43. The number of anilines is 1. The molecule has 0 bridgehead atoms. The summed E-state index contributed by atoms with van der Waals surface area (Å²) in [6, 6.07) is 16.5. The van der Waals surface area contributed by atoms with Crippen molar-refractivity contribution in [3.63, 3.8) is 0 Å². The topological polar surface area (TPSA) is 41.4 Å². The van der Waals surface area contributed by atoms with E-state index >= 15 is 0 Å². The average Bonchev–Trinajstić information content (AvgIpc) is 3.06. The number of aromatic nitrogens is 2. The second kappa shape index (κ2) is 8.53. The molecule has 1 aliphatic heterocycles. The molecule has 5 nitrogen and oxygen atoms in total. The van der Waals surface area contributed by atoms with Crippen LogP contribution in [0, 0.1) is 19.7 Å². The first-order valence-corrected chi connectivity index (χ1v) is 10.1. The number of para-hydroxylation sites is 1. The Morgan fingerprint density at radius 1 is 0.933 bits per heavy atom. The second-order valence-corrected chi connectivity index (χ2v) is 7.45. The fraction of sp³-hybridized carbons (Fsp3) is 0.250. The van der Waals surface area contributed by atoms with E-state index in [0.29, 0.717) is 13.1 Å². The first-order chi connectivity index (χ1) is 14.5. The zero-order valence-electron chi connectivity index (χ0n) is 17.3. The van der Waals surface area contributed by atoms with Gasteiger partial charge in [-0.3, -0.25) is 4.79 Å². The number of carbonyl (C=O) groups is 1. The zero-order valence-corrected chi connectivity index (χ0v) is 17.3. The van der Waals surface area contributed by atoms with E-state index in [0.717, 1.165) is 35.7 Å². The molecule has 0 spiro atoms. The lowest BCUT2D eigenvalue weighted by molar-refractivity contribution is -0.126. The number of nitrogens with zero attached hydrogens (tertiary/aromatic N) is 4. The van der Waals surface area contributed by atoms with Gasteiger partial charge in [-0.2, -0.15) is 5.10 Å². The second-order valence-electron chi connectivity index (χ2n) is 7.45. The minimum Gasteiger partial charge on any atom is -0.368 e. The van der Waals surface area contributed by atoms with Crippen molar-refractivity contribution in [2.75, 3.05) is 31.1 Å². The number of hydrogen-bond acceptors (Lipinski definition) is 3. The highest BCUT2D eigenvalue weighted by molar-refractivity contribution is 5.92. The Morgan fingerprint density at radius 3 is 2.27 bits per heavy atom. The molecule has 30 heavy (non-hydrogen) atoms. The highest BCUT2D eigenvalue weighted by Gasteiger charge is 2.20. The lowest BCUT2D eigenvalue weighted by atomic mass is 10.1. The molecule has 0 atom stereocenters. The summed E-state index contributed by atoms with van der Waals surface area (Å²) in [5.74, 6) is -0.269. The van der Waals surface area contributed by atoms with Crippen molar-refractivity contribution in [3.8, 4) is 5.69 Å². The van der Waals surface area contributed by atoms with Crippen LogP contribution >= 0.6 is 0 Å². The van der Waals surface area contributed by atoms with Gasteiger partial charge in [0.25, 0.3) is 0 Å². The van der Waals surface area contributed by atoms with Crippen LogP contribution < -0.4 is 4.90 Å². The lowest BCUT2D eigenvalue weighted by Gasteiger charge is -2.35. The summed E-state index contributed by atoms with van der Waals surface area (Å²) in [5.41, 5.74) is 4.64. The lowest BCUT2D eigenvalue weighted by Crippen LogP contribution is -2.48. The van der Waals surface area contributed by atoms with E-state index in [4.69, 9.17) is 0 Å². The van der Waals surface area contributed by atoms with E-state index in [1.807, 2.05) is 43.0 Å². The van der Waals surface area contributed by atoms with E-state index in [9.17, 15) is 9.18 Å². The fourth-order valence-electron chi connectivity index (χ4n) is 3.81. The van der Waals surface area contributed by atoms with Gasteiger partial charge in [-0.1, -0.05) is 18.2 Å². The number of amides is 1. The SMILES string of the molecule is Cc1nn(-c2ccc(F)cc2)c(C)c1/C=C/C(=O)N1CCN(c2ccccc2)CC1. The molecule has 3 aromatic rings. The maximum Gasteiger partial charge on any atom is 0.246 e. The van der Waals surface area contributed by atoms with Gasteiger partial charge in [0.2, 0.25) is 5.91 Å². The van der Waals surface area contributed by atoms with Crippen LogP contribution in [-0.2, 0) is 4.79 Å². The highest BCUT2D eigenvalue weighted by atomic mass is 19.1. The van der Waals surface area contributed by atoms with Crippen molar-refractivity contribution >= 4 is 17.7 Å². The van der Waals surface area contributed by atoms with Crippen LogP contribution in [-0.4, -0.2) is 46.8 Å². The van der Waals surface area contributed by atoms with Crippen molar-refractivity contribution in [2.24, 2.45) is 0 Å². The number of benzene rings is 2. The standard InChI is InChI=1S/C24H25FN4O/c1-18-23(19(2)29(26-18)22-10-8-20(25)9-11-22)12-13-24(30)28-16-14-27(15-17-28)21-6-4-3-5-7-21/h3-13H,14-17H2,1-2H3/b13-12+.